The molecular weight excluding hydrogens is 432 g/mol. The Kier molecular flexibility index (Phi) is 10.3. The molecule has 34 heavy (non-hydrogen) atoms. The third-order valence-corrected chi connectivity index (χ3v) is 4.88. The fourth-order valence-electron chi connectivity index (χ4n) is 3.32. The topological polar surface area (TPSA) is 93.7 Å². The third-order valence-electron chi connectivity index (χ3n) is 4.88. The van der Waals surface area contributed by atoms with E-state index in [0.717, 1.165) is 11.1 Å². The van der Waals surface area contributed by atoms with Gasteiger partial charge in [-0.1, -0.05) is 74.5 Å². The van der Waals surface area contributed by atoms with Crippen LogP contribution < -0.4 is 10.8 Å². The lowest BCUT2D eigenvalue weighted by Gasteiger charge is -2.26. The normalized spacial score (nSPS) is 13.1. The maximum Gasteiger partial charge on any atom is 0.329 e. The van der Waals surface area contributed by atoms with E-state index in [2.05, 4.69) is 10.8 Å². The van der Waals surface area contributed by atoms with E-state index in [4.69, 9.17) is 9.57 Å². The number of carbonyl (C=O) groups excluding carboxylic acids is 3. The summed E-state index contributed by atoms with van der Waals surface area (Å²) >= 11 is 0. The lowest BCUT2D eigenvalue weighted by atomic mass is 9.96. The largest absolute Gasteiger partial charge is 0.458 e. The van der Waals surface area contributed by atoms with E-state index in [-0.39, 0.29) is 18.9 Å². The fourth-order valence-corrected chi connectivity index (χ4v) is 3.32. The highest BCUT2D eigenvalue weighted by Crippen LogP contribution is 2.15. The molecule has 0 fully saturated rings. The van der Waals surface area contributed by atoms with E-state index in [1.165, 1.54) is 0 Å². The molecule has 0 bridgehead atoms. The van der Waals surface area contributed by atoms with Crippen molar-refractivity contribution in [1.82, 2.24) is 10.8 Å². The van der Waals surface area contributed by atoms with E-state index in [1.807, 2.05) is 74.5 Å². The smallest absolute Gasteiger partial charge is 0.329 e. The molecule has 2 aromatic carbocycles. The number of hydrogen-bond acceptors (Lipinski definition) is 5. The maximum atomic E-state index is 13.2. The minimum Gasteiger partial charge on any atom is -0.458 e. The maximum absolute atomic E-state index is 13.2. The van der Waals surface area contributed by atoms with Crippen molar-refractivity contribution in [2.24, 2.45) is 11.8 Å². The van der Waals surface area contributed by atoms with E-state index in [0.29, 0.717) is 6.42 Å². The number of hydrogen-bond donors (Lipinski definition) is 2. The van der Waals surface area contributed by atoms with E-state index >= 15 is 0 Å². The van der Waals surface area contributed by atoms with Crippen molar-refractivity contribution in [1.29, 1.82) is 0 Å². The molecule has 2 rings (SSSR count). The molecule has 0 saturated heterocycles. The summed E-state index contributed by atoms with van der Waals surface area (Å²) in [5, 5.41) is 2.75. The molecule has 184 valence electrons. The number of benzene rings is 2. The van der Waals surface area contributed by atoms with Gasteiger partial charge in [-0.2, -0.15) is 0 Å². The first kappa shape index (κ1) is 27.1. The van der Waals surface area contributed by atoms with Crippen LogP contribution in [0.4, 0.5) is 0 Å². The zero-order valence-corrected chi connectivity index (χ0v) is 20.7. The first-order valence-electron chi connectivity index (χ1n) is 11.6. The van der Waals surface area contributed by atoms with Crippen LogP contribution in [-0.2, 0) is 37.0 Å². The Balaban J connectivity index is 2.14. The second-order valence-corrected chi connectivity index (χ2v) is 9.71. The van der Waals surface area contributed by atoms with Crippen LogP contribution in [-0.4, -0.2) is 29.4 Å². The summed E-state index contributed by atoms with van der Waals surface area (Å²) < 4.78 is 5.50. The van der Waals surface area contributed by atoms with Crippen molar-refractivity contribution >= 4 is 17.8 Å². The van der Waals surface area contributed by atoms with Crippen molar-refractivity contribution in [3.05, 3.63) is 71.8 Å². The fraction of sp³-hybridized carbons (Fsp3) is 0.444. The summed E-state index contributed by atoms with van der Waals surface area (Å²) in [6.45, 7) is 9.39. The molecule has 2 amide bonds. The molecule has 1 unspecified atom stereocenters. The molecule has 0 saturated carbocycles. The lowest BCUT2D eigenvalue weighted by molar-refractivity contribution is -0.160. The highest BCUT2D eigenvalue weighted by Gasteiger charge is 2.33. The number of rotatable bonds is 11. The van der Waals surface area contributed by atoms with Gasteiger partial charge in [0.25, 0.3) is 5.91 Å². The third kappa shape index (κ3) is 9.75. The van der Waals surface area contributed by atoms with Crippen molar-refractivity contribution in [3.8, 4) is 0 Å². The first-order chi connectivity index (χ1) is 16.0. The van der Waals surface area contributed by atoms with Crippen LogP contribution >= 0.6 is 0 Å². The van der Waals surface area contributed by atoms with Gasteiger partial charge in [-0.05, 0) is 50.7 Å². The summed E-state index contributed by atoms with van der Waals surface area (Å²) in [6.07, 6.45) is 0.556. The van der Waals surface area contributed by atoms with Crippen LogP contribution in [0.2, 0.25) is 0 Å². The molecular formula is C27H36N2O5. The monoisotopic (exact) mass is 468 g/mol. The Morgan fingerprint density at radius 3 is 1.94 bits per heavy atom. The van der Waals surface area contributed by atoms with Gasteiger partial charge < -0.3 is 10.1 Å². The van der Waals surface area contributed by atoms with Gasteiger partial charge in [-0.25, -0.2) is 10.3 Å². The van der Waals surface area contributed by atoms with Gasteiger partial charge in [0, 0.05) is 0 Å². The Morgan fingerprint density at radius 2 is 1.41 bits per heavy atom. The van der Waals surface area contributed by atoms with Crippen molar-refractivity contribution in [3.63, 3.8) is 0 Å². The average Bonchev–Trinajstić information content (AvgIpc) is 2.77. The number of nitrogens with one attached hydrogen (secondary N) is 2. The Bertz CT molecular complexity index is 923. The molecule has 7 heteroatoms. The van der Waals surface area contributed by atoms with Crippen molar-refractivity contribution < 1.29 is 24.0 Å². The van der Waals surface area contributed by atoms with Crippen LogP contribution in [0.1, 0.15) is 52.2 Å². The molecule has 2 atom stereocenters. The molecule has 0 aliphatic rings. The summed E-state index contributed by atoms with van der Waals surface area (Å²) in [5.74, 6) is -2.61. The van der Waals surface area contributed by atoms with Crippen LogP contribution in [0.3, 0.4) is 0 Å². The summed E-state index contributed by atoms with van der Waals surface area (Å²) in [5.41, 5.74) is 3.41. The minimum absolute atomic E-state index is 0.133. The van der Waals surface area contributed by atoms with Gasteiger partial charge in [0.2, 0.25) is 5.91 Å². The van der Waals surface area contributed by atoms with Gasteiger partial charge in [0.1, 0.15) is 17.6 Å². The minimum atomic E-state index is -1.09. The van der Waals surface area contributed by atoms with Gasteiger partial charge in [0.15, 0.2) is 0 Å². The zero-order valence-electron chi connectivity index (χ0n) is 20.7. The Labute approximate surface area is 202 Å². The average molecular weight is 469 g/mol. The molecule has 0 spiro atoms. The second-order valence-electron chi connectivity index (χ2n) is 9.71. The zero-order chi connectivity index (χ0) is 25.1. The second kappa shape index (κ2) is 12.9. The highest BCUT2D eigenvalue weighted by molar-refractivity contribution is 6.01. The molecule has 2 aromatic rings. The molecule has 7 nitrogen and oxygen atoms in total. The number of amides is 2. The number of hydroxylamine groups is 1. The van der Waals surface area contributed by atoms with E-state index in [9.17, 15) is 14.4 Å². The predicted molar refractivity (Wildman–Crippen MR) is 130 cm³/mol. The van der Waals surface area contributed by atoms with Crippen LogP contribution in [0.5, 0.6) is 0 Å². The summed E-state index contributed by atoms with van der Waals surface area (Å²) in [4.78, 5) is 44.3. The predicted octanol–water partition coefficient (Wildman–Crippen LogP) is 3.97. The molecule has 0 aromatic heterocycles. The van der Waals surface area contributed by atoms with Gasteiger partial charge >= 0.3 is 5.97 Å². The van der Waals surface area contributed by atoms with Gasteiger partial charge in [-0.3, -0.25) is 14.4 Å². The molecule has 0 radical (unpaired) electrons. The summed E-state index contributed by atoms with van der Waals surface area (Å²) in [7, 11) is 0. The van der Waals surface area contributed by atoms with E-state index in [1.54, 1.807) is 20.8 Å². The summed E-state index contributed by atoms with van der Waals surface area (Å²) in [6, 6.07) is 17.8. The van der Waals surface area contributed by atoms with Gasteiger partial charge in [0.05, 0.1) is 6.61 Å². The number of esters is 1. The molecule has 2 N–H and O–H groups in total. The first-order valence-corrected chi connectivity index (χ1v) is 11.6. The highest BCUT2D eigenvalue weighted by atomic mass is 16.6. The quantitative estimate of drug-likeness (QED) is 0.296. The standard InChI is InChI=1S/C27H36N2O5/c1-19(2)16-23(26(32)34-27(3,4)5)28-24(30)22(17-20-12-8-6-9-13-20)25(31)29-33-18-21-14-10-7-11-15-21/h6-15,19,22-23H,16-18H2,1-5H3,(H,28,30)(H,29,31)/t22?,23-/m0/s1. The van der Waals surface area contributed by atoms with Crippen LogP contribution in [0.15, 0.2) is 60.7 Å². The number of ether oxygens (including phenoxy) is 1. The SMILES string of the molecule is CC(C)C[C@H](NC(=O)C(Cc1ccccc1)C(=O)NOCc1ccccc1)C(=O)OC(C)(C)C. The lowest BCUT2D eigenvalue weighted by Crippen LogP contribution is -2.50. The molecule has 0 aliphatic heterocycles. The van der Waals surface area contributed by atoms with Crippen LogP contribution in [0, 0.1) is 11.8 Å². The van der Waals surface area contributed by atoms with Crippen LogP contribution in [0.25, 0.3) is 0 Å². The Hall–Kier alpha value is -3.19. The van der Waals surface area contributed by atoms with E-state index < -0.39 is 35.3 Å². The van der Waals surface area contributed by atoms with Crippen molar-refractivity contribution in [2.75, 3.05) is 0 Å². The Morgan fingerprint density at radius 1 is 0.853 bits per heavy atom. The van der Waals surface area contributed by atoms with Crippen molar-refractivity contribution in [2.45, 2.75) is 65.7 Å². The number of carbonyl (C=O) groups is 3. The molecule has 0 heterocycles. The van der Waals surface area contributed by atoms with Gasteiger partial charge in [-0.15, -0.1) is 0 Å². The molecule has 0 aliphatic carbocycles.